The fourth-order valence-corrected chi connectivity index (χ4v) is 1.47. The summed E-state index contributed by atoms with van der Waals surface area (Å²) in [5.74, 6) is 0.0692. The van der Waals surface area contributed by atoms with E-state index >= 15 is 0 Å². The minimum absolute atomic E-state index is 0.0692. The van der Waals surface area contributed by atoms with Crippen molar-refractivity contribution in [2.24, 2.45) is 0 Å². The van der Waals surface area contributed by atoms with Crippen molar-refractivity contribution in [3.63, 3.8) is 0 Å². The predicted molar refractivity (Wildman–Crippen MR) is 52.4 cm³/mol. The van der Waals surface area contributed by atoms with Crippen molar-refractivity contribution in [2.75, 3.05) is 11.6 Å². The molecule has 0 saturated carbocycles. The maximum absolute atomic E-state index is 11.3. The summed E-state index contributed by atoms with van der Waals surface area (Å²) in [5, 5.41) is 1.81. The molecule has 2 heterocycles. The van der Waals surface area contributed by atoms with Crippen LogP contribution in [0.4, 0.5) is 5.69 Å². The first-order valence-corrected chi connectivity index (χ1v) is 4.76. The molecule has 4 heteroatoms. The maximum Gasteiger partial charge on any atom is 0.238 e. The quantitative estimate of drug-likeness (QED) is 0.715. The summed E-state index contributed by atoms with van der Waals surface area (Å²) >= 11 is 0. The van der Waals surface area contributed by atoms with Gasteiger partial charge < -0.3 is 0 Å². The van der Waals surface area contributed by atoms with Crippen molar-refractivity contribution in [1.82, 2.24) is 10.4 Å². The molecular formula is C10H12N3O. The molecule has 1 aromatic heterocycles. The Labute approximate surface area is 82.9 Å². The molecule has 1 fully saturated rings. The van der Waals surface area contributed by atoms with E-state index in [1.54, 1.807) is 6.20 Å². The second-order valence-corrected chi connectivity index (χ2v) is 3.28. The third-order valence-electron chi connectivity index (χ3n) is 2.18. The molecule has 1 aromatic rings. The number of carbonyl (C=O) groups excluding carboxylic acids is 1. The lowest BCUT2D eigenvalue weighted by Gasteiger charge is -2.21. The first-order valence-electron chi connectivity index (χ1n) is 4.76. The molecule has 1 N–H and O–H groups in total. The Morgan fingerprint density at radius 1 is 1.50 bits per heavy atom. The molecule has 2 rings (SSSR count). The van der Waals surface area contributed by atoms with Gasteiger partial charge in [0.25, 0.3) is 0 Å². The number of nitrogens with one attached hydrogen (secondary N) is 1. The van der Waals surface area contributed by atoms with E-state index in [1.807, 2.05) is 17.1 Å². The summed E-state index contributed by atoms with van der Waals surface area (Å²) in [6.07, 6.45) is 7.09. The van der Waals surface area contributed by atoms with Crippen molar-refractivity contribution in [2.45, 2.75) is 19.3 Å². The molecule has 1 aliphatic rings. The van der Waals surface area contributed by atoms with Gasteiger partial charge in [0.05, 0.1) is 5.69 Å². The van der Waals surface area contributed by atoms with Crippen molar-refractivity contribution in [3.8, 4) is 0 Å². The fourth-order valence-electron chi connectivity index (χ4n) is 1.47. The van der Waals surface area contributed by atoms with Crippen LogP contribution in [0.1, 0.15) is 19.3 Å². The molecule has 4 nitrogen and oxygen atoms in total. The molecule has 0 bridgehead atoms. The van der Waals surface area contributed by atoms with Crippen molar-refractivity contribution in [1.29, 1.82) is 0 Å². The number of carbonyl (C=O) groups is 1. The summed E-state index contributed by atoms with van der Waals surface area (Å²) in [4.78, 5) is 15.2. The van der Waals surface area contributed by atoms with Crippen LogP contribution in [0.5, 0.6) is 0 Å². The molecular weight excluding hydrogens is 178 g/mol. The zero-order valence-electron chi connectivity index (χ0n) is 7.86. The number of pyridine rings is 1. The maximum atomic E-state index is 11.3. The highest BCUT2D eigenvalue weighted by Crippen LogP contribution is 2.12. The summed E-state index contributed by atoms with van der Waals surface area (Å²) in [6.45, 7) is 0.827. The normalized spacial score (nSPS) is 17.4. The summed E-state index contributed by atoms with van der Waals surface area (Å²) in [5.41, 5.74) is 3.64. The predicted octanol–water partition coefficient (Wildman–Crippen LogP) is 0.903. The van der Waals surface area contributed by atoms with E-state index in [2.05, 4.69) is 16.6 Å². The highest BCUT2D eigenvalue weighted by molar-refractivity contribution is 5.78. The number of anilines is 1. The number of nitrogens with zero attached hydrogens (tertiary/aromatic N) is 2. The molecule has 0 aliphatic carbocycles. The van der Waals surface area contributed by atoms with Gasteiger partial charge in [0.2, 0.25) is 5.91 Å². The monoisotopic (exact) mass is 190 g/mol. The molecule has 73 valence electrons. The van der Waals surface area contributed by atoms with E-state index in [4.69, 9.17) is 0 Å². The van der Waals surface area contributed by atoms with Crippen LogP contribution in [0.3, 0.4) is 0 Å². The molecule has 1 amide bonds. The summed E-state index contributed by atoms with van der Waals surface area (Å²) < 4.78 is 0. The van der Waals surface area contributed by atoms with Crippen LogP contribution >= 0.6 is 0 Å². The van der Waals surface area contributed by atoms with Gasteiger partial charge >= 0.3 is 0 Å². The lowest BCUT2D eigenvalue weighted by molar-refractivity contribution is -0.120. The minimum atomic E-state index is 0.0692. The number of aromatic nitrogens is 1. The average molecular weight is 190 g/mol. The Kier molecular flexibility index (Phi) is 2.62. The minimum Gasteiger partial charge on any atom is -0.283 e. The third-order valence-corrected chi connectivity index (χ3v) is 2.18. The van der Waals surface area contributed by atoms with E-state index in [1.165, 1.54) is 0 Å². The van der Waals surface area contributed by atoms with Gasteiger partial charge in [-0.2, -0.15) is 0 Å². The largest absolute Gasteiger partial charge is 0.283 e. The van der Waals surface area contributed by atoms with Gasteiger partial charge in [-0.1, -0.05) is 0 Å². The topological polar surface area (TPSA) is 45.2 Å². The van der Waals surface area contributed by atoms with Crippen LogP contribution < -0.4 is 10.4 Å². The van der Waals surface area contributed by atoms with Crippen LogP contribution in [0, 0.1) is 6.20 Å². The van der Waals surface area contributed by atoms with Crippen molar-refractivity contribution >= 4 is 11.6 Å². The van der Waals surface area contributed by atoms with E-state index in [-0.39, 0.29) is 5.91 Å². The van der Waals surface area contributed by atoms with Crippen LogP contribution in [0.25, 0.3) is 0 Å². The van der Waals surface area contributed by atoms with Gasteiger partial charge in [0.15, 0.2) is 0 Å². The standard InChI is InChI=1S/C10H12N3O/c14-10-5-1-2-7-13(12-10)9-4-3-6-11-8-9/h3-4,6H,1-2,5,7H2,(H,12,14). The molecule has 1 radical (unpaired) electrons. The zero-order chi connectivity index (χ0) is 9.80. The van der Waals surface area contributed by atoms with Gasteiger partial charge in [-0.05, 0) is 25.0 Å². The third kappa shape index (κ3) is 2.02. The smallest absolute Gasteiger partial charge is 0.238 e. The van der Waals surface area contributed by atoms with E-state index in [9.17, 15) is 4.79 Å². The van der Waals surface area contributed by atoms with Crippen molar-refractivity contribution in [3.05, 3.63) is 24.5 Å². The first-order chi connectivity index (χ1) is 6.86. The second kappa shape index (κ2) is 4.09. The number of rotatable bonds is 1. The lowest BCUT2D eigenvalue weighted by atomic mass is 10.2. The van der Waals surface area contributed by atoms with Gasteiger partial charge in [-0.3, -0.25) is 20.2 Å². The zero-order valence-corrected chi connectivity index (χ0v) is 7.86. The Bertz CT molecular complexity index is 312. The molecule has 14 heavy (non-hydrogen) atoms. The first kappa shape index (κ1) is 8.99. The SMILES string of the molecule is O=C1CCCCN(c2[c]nccc2)N1. The van der Waals surface area contributed by atoms with Crippen LogP contribution in [-0.2, 0) is 4.79 Å². The van der Waals surface area contributed by atoms with E-state index in [0.29, 0.717) is 6.42 Å². The fraction of sp³-hybridized carbons (Fsp3) is 0.400. The molecule has 0 unspecified atom stereocenters. The van der Waals surface area contributed by atoms with E-state index in [0.717, 1.165) is 25.1 Å². The second-order valence-electron chi connectivity index (χ2n) is 3.28. The summed E-state index contributed by atoms with van der Waals surface area (Å²) in [6, 6.07) is 3.72. The molecule has 0 atom stereocenters. The Morgan fingerprint density at radius 3 is 3.21 bits per heavy atom. The highest BCUT2D eigenvalue weighted by Gasteiger charge is 2.14. The van der Waals surface area contributed by atoms with Crippen LogP contribution in [0.2, 0.25) is 0 Å². The molecule has 1 aliphatic heterocycles. The van der Waals surface area contributed by atoms with Crippen molar-refractivity contribution < 1.29 is 4.79 Å². The van der Waals surface area contributed by atoms with Gasteiger partial charge in [-0.15, -0.1) is 0 Å². The number of hydrogen-bond donors (Lipinski definition) is 1. The van der Waals surface area contributed by atoms with Gasteiger partial charge in [-0.25, -0.2) is 0 Å². The average Bonchev–Trinajstić information content (AvgIpc) is 2.44. The van der Waals surface area contributed by atoms with Gasteiger partial charge in [0, 0.05) is 19.2 Å². The molecule has 0 aromatic carbocycles. The number of amides is 1. The summed E-state index contributed by atoms with van der Waals surface area (Å²) in [7, 11) is 0. The highest BCUT2D eigenvalue weighted by atomic mass is 16.2. The Hall–Kier alpha value is -1.58. The Morgan fingerprint density at radius 2 is 2.43 bits per heavy atom. The lowest BCUT2D eigenvalue weighted by Crippen LogP contribution is -2.41. The van der Waals surface area contributed by atoms with E-state index < -0.39 is 0 Å². The molecule has 0 spiro atoms. The molecule has 1 saturated heterocycles. The van der Waals surface area contributed by atoms with Crippen LogP contribution in [-0.4, -0.2) is 17.4 Å². The number of hydrogen-bond acceptors (Lipinski definition) is 3. The Balaban J connectivity index is 2.13. The number of hydrazine groups is 1. The van der Waals surface area contributed by atoms with Crippen LogP contribution in [0.15, 0.2) is 18.3 Å². The van der Waals surface area contributed by atoms with Gasteiger partial charge in [0.1, 0.15) is 6.20 Å².